The molecule has 1 aliphatic carbocycles. The van der Waals surface area contributed by atoms with Crippen LogP contribution in [-0.2, 0) is 0 Å². The maximum absolute atomic E-state index is 14.6. The van der Waals surface area contributed by atoms with Crippen molar-refractivity contribution in [1.82, 2.24) is 9.97 Å². The Kier molecular flexibility index (Phi) is 7.44. The molecule has 184 valence electrons. The molecule has 2 heterocycles. The van der Waals surface area contributed by atoms with E-state index >= 15 is 0 Å². The smallest absolute Gasteiger partial charge is 0.274 e. The molecule has 0 aliphatic heterocycles. The van der Waals surface area contributed by atoms with Crippen molar-refractivity contribution in [3.63, 3.8) is 0 Å². The molecule has 4 atom stereocenters. The van der Waals surface area contributed by atoms with Crippen LogP contribution in [-0.4, -0.2) is 39.4 Å². The summed E-state index contributed by atoms with van der Waals surface area (Å²) in [5.41, 5.74) is 5.89. The van der Waals surface area contributed by atoms with Gasteiger partial charge in [-0.3, -0.25) is 9.78 Å². The molecule has 1 saturated carbocycles. The number of hydrogen-bond acceptors (Lipinski definition) is 6. The predicted octanol–water partition coefficient (Wildman–Crippen LogP) is 4.74. The summed E-state index contributed by atoms with van der Waals surface area (Å²) >= 11 is 1.14. The summed E-state index contributed by atoms with van der Waals surface area (Å²) in [4.78, 5) is 21.4. The third-order valence-electron chi connectivity index (χ3n) is 6.34. The molecule has 4 rings (SSSR count). The van der Waals surface area contributed by atoms with Gasteiger partial charge in [0.15, 0.2) is 0 Å². The van der Waals surface area contributed by atoms with Gasteiger partial charge in [-0.05, 0) is 66.8 Å². The number of thioether (sulfide) groups is 1. The van der Waals surface area contributed by atoms with Gasteiger partial charge in [0.25, 0.3) is 5.91 Å². The van der Waals surface area contributed by atoms with Gasteiger partial charge in [-0.15, -0.1) is 11.8 Å². The third kappa shape index (κ3) is 5.19. The lowest BCUT2D eigenvalue weighted by Crippen LogP contribution is -2.44. The topological polar surface area (TPSA) is 101 Å². The molecule has 10 heteroatoms. The van der Waals surface area contributed by atoms with Crippen molar-refractivity contribution < 1.29 is 23.1 Å². The molecule has 6 nitrogen and oxygen atoms in total. The number of aliphatic hydroxyl groups is 1. The van der Waals surface area contributed by atoms with Gasteiger partial charge in [-0.2, -0.15) is 0 Å². The van der Waals surface area contributed by atoms with Crippen LogP contribution in [0.25, 0.3) is 11.3 Å². The Bertz CT molecular complexity index is 1220. The van der Waals surface area contributed by atoms with Crippen molar-refractivity contribution in [2.45, 2.75) is 42.7 Å². The van der Waals surface area contributed by atoms with Gasteiger partial charge >= 0.3 is 0 Å². The molecule has 1 aliphatic rings. The summed E-state index contributed by atoms with van der Waals surface area (Å²) in [6.45, 7) is 1.92. The minimum absolute atomic E-state index is 0.0171. The maximum Gasteiger partial charge on any atom is 0.274 e. The number of nitrogens with one attached hydrogen (secondary N) is 1. The van der Waals surface area contributed by atoms with Crippen LogP contribution in [0.4, 0.5) is 18.9 Å². The first-order valence-corrected chi connectivity index (χ1v) is 12.3. The number of carbonyl (C=O) groups is 1. The van der Waals surface area contributed by atoms with Crippen molar-refractivity contribution in [2.75, 3.05) is 11.6 Å². The number of rotatable bonds is 5. The molecule has 2 aromatic heterocycles. The summed E-state index contributed by atoms with van der Waals surface area (Å²) in [5.74, 6) is -3.63. The molecule has 4 N–H and O–H groups in total. The largest absolute Gasteiger partial charge is 0.391 e. The lowest BCUT2D eigenvalue weighted by Gasteiger charge is -2.36. The zero-order chi connectivity index (χ0) is 25.3. The first-order valence-electron chi connectivity index (χ1n) is 11.1. The molecule has 0 unspecified atom stereocenters. The van der Waals surface area contributed by atoms with Crippen molar-refractivity contribution >= 4 is 23.4 Å². The molecule has 0 spiro atoms. The van der Waals surface area contributed by atoms with E-state index in [1.807, 2.05) is 6.92 Å². The van der Waals surface area contributed by atoms with Crippen LogP contribution in [0.2, 0.25) is 0 Å². The zero-order valence-electron chi connectivity index (χ0n) is 19.1. The molecule has 0 saturated heterocycles. The van der Waals surface area contributed by atoms with Gasteiger partial charge in [0.1, 0.15) is 28.8 Å². The molecule has 0 bridgehead atoms. The number of benzene rings is 1. The summed E-state index contributed by atoms with van der Waals surface area (Å²) < 4.78 is 43.7. The number of nitrogens with zero attached hydrogens (tertiary/aromatic N) is 2. The Labute approximate surface area is 205 Å². The number of carbonyl (C=O) groups excluding carboxylic acids is 1. The second-order valence-corrected chi connectivity index (χ2v) is 9.59. The number of aliphatic hydroxyl groups excluding tert-OH is 1. The highest BCUT2D eigenvalue weighted by Gasteiger charge is 2.34. The van der Waals surface area contributed by atoms with Crippen LogP contribution in [0, 0.1) is 23.4 Å². The Morgan fingerprint density at radius 2 is 1.86 bits per heavy atom. The molecule has 1 fully saturated rings. The van der Waals surface area contributed by atoms with Crippen LogP contribution in [0.15, 0.2) is 47.6 Å². The Morgan fingerprint density at radius 1 is 1.14 bits per heavy atom. The molecular formula is C25H25F3N4O2S. The quantitative estimate of drug-likeness (QED) is 0.436. The van der Waals surface area contributed by atoms with E-state index in [0.717, 1.165) is 41.6 Å². The first-order chi connectivity index (χ1) is 16.7. The van der Waals surface area contributed by atoms with Crippen LogP contribution in [0.1, 0.15) is 41.7 Å². The average molecular weight is 503 g/mol. The highest BCUT2D eigenvalue weighted by atomic mass is 32.2. The fourth-order valence-electron chi connectivity index (χ4n) is 4.52. The number of hydrogen-bond donors (Lipinski definition) is 3. The highest BCUT2D eigenvalue weighted by Crippen LogP contribution is 2.38. The van der Waals surface area contributed by atoms with Crippen molar-refractivity contribution in [3.05, 3.63) is 71.4 Å². The Hall–Kier alpha value is -2.95. The van der Waals surface area contributed by atoms with E-state index < -0.39 is 46.8 Å². The number of anilines is 1. The number of aromatic nitrogens is 2. The summed E-state index contributed by atoms with van der Waals surface area (Å²) in [5, 5.41) is 12.9. The number of amides is 1. The summed E-state index contributed by atoms with van der Waals surface area (Å²) in [6, 6.07) is 5.65. The number of pyridine rings is 2. The second-order valence-electron chi connectivity index (χ2n) is 8.71. The lowest BCUT2D eigenvalue weighted by molar-refractivity contribution is 0.0521. The van der Waals surface area contributed by atoms with E-state index in [1.54, 1.807) is 18.5 Å². The molecular weight excluding hydrogens is 477 g/mol. The van der Waals surface area contributed by atoms with Crippen molar-refractivity contribution in [1.29, 1.82) is 0 Å². The van der Waals surface area contributed by atoms with Gasteiger partial charge in [0, 0.05) is 17.1 Å². The maximum atomic E-state index is 14.6. The van der Waals surface area contributed by atoms with Gasteiger partial charge in [-0.25, -0.2) is 18.2 Å². The van der Waals surface area contributed by atoms with E-state index in [9.17, 15) is 23.1 Å². The van der Waals surface area contributed by atoms with E-state index in [1.165, 1.54) is 6.20 Å². The number of halogens is 3. The van der Waals surface area contributed by atoms with Crippen LogP contribution in [0.3, 0.4) is 0 Å². The monoisotopic (exact) mass is 502 g/mol. The standard InChI is InChI=1S/C25H25F3N4O2S/c1-12-7-13(8-19(29)24(12)33)15-5-6-30-11-21(15)32-25(34)20-4-3-16(26)23(31-20)22-17(27)9-14(35-2)10-18(22)28/h3-6,9-13,19,24,33H,7-8,29H2,1-2H3,(H,32,34)/t12-,13+,19+,24+/m0/s1. The minimum Gasteiger partial charge on any atom is -0.391 e. The van der Waals surface area contributed by atoms with E-state index in [4.69, 9.17) is 5.73 Å². The van der Waals surface area contributed by atoms with E-state index in [2.05, 4.69) is 15.3 Å². The predicted molar refractivity (Wildman–Crippen MR) is 129 cm³/mol. The lowest BCUT2D eigenvalue weighted by atomic mass is 9.74. The van der Waals surface area contributed by atoms with Gasteiger partial charge in [-0.1, -0.05) is 6.92 Å². The van der Waals surface area contributed by atoms with Crippen LogP contribution < -0.4 is 11.1 Å². The zero-order valence-corrected chi connectivity index (χ0v) is 20.0. The van der Waals surface area contributed by atoms with Crippen molar-refractivity contribution in [2.24, 2.45) is 11.7 Å². The van der Waals surface area contributed by atoms with Crippen LogP contribution >= 0.6 is 11.8 Å². The fourth-order valence-corrected chi connectivity index (χ4v) is 4.96. The third-order valence-corrected chi connectivity index (χ3v) is 7.05. The molecule has 3 aromatic rings. The van der Waals surface area contributed by atoms with Gasteiger partial charge in [0.05, 0.1) is 23.6 Å². The Morgan fingerprint density at radius 3 is 2.51 bits per heavy atom. The average Bonchev–Trinajstić information content (AvgIpc) is 2.83. The molecule has 1 amide bonds. The SMILES string of the molecule is CSc1cc(F)c(-c2nc(C(=O)Nc3cnccc3[C@H]3C[C@@H](N)[C@H](O)[C@@H](C)C3)ccc2F)c(F)c1. The van der Waals surface area contributed by atoms with Gasteiger partial charge < -0.3 is 16.2 Å². The second kappa shape index (κ2) is 10.3. The first kappa shape index (κ1) is 25.2. The van der Waals surface area contributed by atoms with E-state index in [0.29, 0.717) is 23.4 Å². The normalized spacial score (nSPS) is 22.1. The highest BCUT2D eigenvalue weighted by molar-refractivity contribution is 7.98. The van der Waals surface area contributed by atoms with E-state index in [-0.39, 0.29) is 17.5 Å². The molecule has 0 radical (unpaired) electrons. The molecule has 35 heavy (non-hydrogen) atoms. The Balaban J connectivity index is 1.64. The summed E-state index contributed by atoms with van der Waals surface area (Å²) in [7, 11) is 0. The summed E-state index contributed by atoms with van der Waals surface area (Å²) in [6.07, 6.45) is 5.35. The van der Waals surface area contributed by atoms with Gasteiger partial charge in [0.2, 0.25) is 0 Å². The van der Waals surface area contributed by atoms with Crippen LogP contribution in [0.5, 0.6) is 0 Å². The number of nitrogens with two attached hydrogens (primary N) is 1. The fraction of sp³-hybridized carbons (Fsp3) is 0.320. The molecule has 1 aromatic carbocycles. The van der Waals surface area contributed by atoms with Crippen molar-refractivity contribution in [3.8, 4) is 11.3 Å². The minimum atomic E-state index is -0.974.